The van der Waals surface area contributed by atoms with Crippen LogP contribution in [-0.2, 0) is 0 Å². The summed E-state index contributed by atoms with van der Waals surface area (Å²) in [7, 11) is 0. The zero-order chi connectivity index (χ0) is 12.0. The van der Waals surface area contributed by atoms with Gasteiger partial charge in [0, 0.05) is 6.42 Å². The zero-order valence-corrected chi connectivity index (χ0v) is 11.1. The highest BCUT2D eigenvalue weighted by atomic mass is 14.9. The molecule has 1 N–H and O–H groups in total. The molecular formula is C15H27N. The summed E-state index contributed by atoms with van der Waals surface area (Å²) in [6, 6.07) is 0. The number of hydrogen-bond donors (Lipinski definition) is 1. The molecule has 1 nitrogen and oxygen atoms in total. The van der Waals surface area contributed by atoms with Crippen LogP contribution in [0.25, 0.3) is 0 Å². The summed E-state index contributed by atoms with van der Waals surface area (Å²) in [5.41, 5.74) is 0. The van der Waals surface area contributed by atoms with Crippen molar-refractivity contribution in [1.29, 1.82) is 0 Å². The summed E-state index contributed by atoms with van der Waals surface area (Å²) >= 11 is 0. The van der Waals surface area contributed by atoms with E-state index in [0.717, 1.165) is 43.2 Å². The summed E-state index contributed by atoms with van der Waals surface area (Å²) in [6.07, 6.45) is 10.5. The zero-order valence-electron chi connectivity index (χ0n) is 11.1. The first-order chi connectivity index (χ1) is 7.63. The van der Waals surface area contributed by atoms with Gasteiger partial charge in [0.1, 0.15) is 0 Å². The van der Waals surface area contributed by atoms with E-state index in [9.17, 15) is 0 Å². The second-order valence-corrected chi connectivity index (χ2v) is 5.90. The maximum Gasteiger partial charge on any atom is 0.0118 e. The molecule has 0 aromatic heterocycles. The average Bonchev–Trinajstić information content (AvgIpc) is 2.21. The van der Waals surface area contributed by atoms with Crippen molar-refractivity contribution in [1.82, 2.24) is 5.32 Å². The minimum Gasteiger partial charge on any atom is -0.316 e. The lowest BCUT2D eigenvalue weighted by Crippen LogP contribution is -2.34. The van der Waals surface area contributed by atoms with Crippen LogP contribution in [0, 0.1) is 36.0 Å². The Labute approximate surface area is 101 Å². The van der Waals surface area contributed by atoms with E-state index in [0.29, 0.717) is 0 Å². The second kappa shape index (κ2) is 6.97. The number of hydrogen-bond acceptors (Lipinski definition) is 1. The molecule has 92 valence electrons. The fraction of sp³-hybridized carbons (Fsp3) is 0.867. The van der Waals surface area contributed by atoms with Gasteiger partial charge in [-0.15, -0.1) is 12.3 Å². The Kier molecular flexibility index (Phi) is 5.91. The molecule has 0 bridgehead atoms. The Morgan fingerprint density at radius 2 is 2.06 bits per heavy atom. The summed E-state index contributed by atoms with van der Waals surface area (Å²) in [4.78, 5) is 0. The number of rotatable bonds is 5. The van der Waals surface area contributed by atoms with Gasteiger partial charge in [0.05, 0.1) is 0 Å². The Balaban J connectivity index is 2.34. The highest BCUT2D eigenvalue weighted by Gasteiger charge is 2.27. The summed E-state index contributed by atoms with van der Waals surface area (Å²) in [5, 5.41) is 3.59. The van der Waals surface area contributed by atoms with E-state index in [-0.39, 0.29) is 0 Å². The van der Waals surface area contributed by atoms with Crippen LogP contribution < -0.4 is 5.32 Å². The summed E-state index contributed by atoms with van der Waals surface area (Å²) < 4.78 is 0. The fourth-order valence-corrected chi connectivity index (χ4v) is 2.79. The van der Waals surface area contributed by atoms with Crippen LogP contribution in [0.5, 0.6) is 0 Å². The molecule has 3 unspecified atom stereocenters. The predicted molar refractivity (Wildman–Crippen MR) is 71.2 cm³/mol. The van der Waals surface area contributed by atoms with Crippen molar-refractivity contribution < 1.29 is 0 Å². The van der Waals surface area contributed by atoms with E-state index in [2.05, 4.69) is 32.0 Å². The largest absolute Gasteiger partial charge is 0.316 e. The molecule has 16 heavy (non-hydrogen) atoms. The van der Waals surface area contributed by atoms with Crippen molar-refractivity contribution in [2.24, 2.45) is 23.7 Å². The van der Waals surface area contributed by atoms with E-state index in [4.69, 9.17) is 6.42 Å². The van der Waals surface area contributed by atoms with E-state index in [1.807, 2.05) is 0 Å². The van der Waals surface area contributed by atoms with Gasteiger partial charge in [-0.25, -0.2) is 0 Å². The molecule has 1 aliphatic carbocycles. The number of terminal acetylenes is 1. The smallest absolute Gasteiger partial charge is 0.0118 e. The molecule has 0 aromatic rings. The van der Waals surface area contributed by atoms with Gasteiger partial charge in [-0.3, -0.25) is 0 Å². The van der Waals surface area contributed by atoms with Crippen molar-refractivity contribution >= 4 is 0 Å². The van der Waals surface area contributed by atoms with Crippen LogP contribution in [0.1, 0.15) is 46.5 Å². The molecule has 0 heterocycles. The topological polar surface area (TPSA) is 12.0 Å². The Morgan fingerprint density at radius 3 is 2.69 bits per heavy atom. The third-order valence-electron chi connectivity index (χ3n) is 3.74. The van der Waals surface area contributed by atoms with E-state index in [1.54, 1.807) is 0 Å². The quantitative estimate of drug-likeness (QED) is 0.702. The average molecular weight is 221 g/mol. The van der Waals surface area contributed by atoms with E-state index < -0.39 is 0 Å². The first-order valence-electron chi connectivity index (χ1n) is 6.77. The molecule has 1 heteroatoms. The van der Waals surface area contributed by atoms with Gasteiger partial charge in [-0.2, -0.15) is 0 Å². The first-order valence-corrected chi connectivity index (χ1v) is 6.77. The monoisotopic (exact) mass is 221 g/mol. The molecule has 0 spiro atoms. The molecule has 3 atom stereocenters. The van der Waals surface area contributed by atoms with Crippen molar-refractivity contribution in [3.63, 3.8) is 0 Å². The van der Waals surface area contributed by atoms with Crippen LogP contribution in [0.3, 0.4) is 0 Å². The van der Waals surface area contributed by atoms with Gasteiger partial charge in [-0.1, -0.05) is 27.2 Å². The number of nitrogens with one attached hydrogen (secondary N) is 1. The lowest BCUT2D eigenvalue weighted by Gasteiger charge is -2.34. The van der Waals surface area contributed by atoms with Crippen molar-refractivity contribution in [2.75, 3.05) is 13.1 Å². The minimum absolute atomic E-state index is 0.744. The lowest BCUT2D eigenvalue weighted by atomic mass is 9.73. The fourth-order valence-electron chi connectivity index (χ4n) is 2.79. The maximum atomic E-state index is 5.47. The van der Waals surface area contributed by atoms with Crippen LogP contribution in [0.2, 0.25) is 0 Å². The second-order valence-electron chi connectivity index (χ2n) is 5.90. The van der Waals surface area contributed by atoms with Crippen molar-refractivity contribution in [3.8, 4) is 12.3 Å². The summed E-state index contributed by atoms with van der Waals surface area (Å²) in [6.45, 7) is 9.18. The molecule has 0 radical (unpaired) electrons. The highest BCUT2D eigenvalue weighted by Crippen LogP contribution is 2.35. The molecule has 1 aliphatic rings. The maximum absolute atomic E-state index is 5.47. The molecule has 0 aromatic carbocycles. The Hall–Kier alpha value is -0.480. The minimum atomic E-state index is 0.744. The standard InChI is InChI=1S/C15H27N/c1-5-6-14-9-13(4)7-8-15(14)11-16-10-12(2)3/h1,12-16H,6-11H2,2-4H3. The molecule has 0 aliphatic heterocycles. The Morgan fingerprint density at radius 1 is 1.31 bits per heavy atom. The van der Waals surface area contributed by atoms with Crippen LogP contribution >= 0.6 is 0 Å². The van der Waals surface area contributed by atoms with Gasteiger partial charge in [0.25, 0.3) is 0 Å². The molecule has 1 rings (SSSR count). The molecule has 0 amide bonds. The highest BCUT2D eigenvalue weighted by molar-refractivity contribution is 4.91. The van der Waals surface area contributed by atoms with Crippen LogP contribution in [0.4, 0.5) is 0 Å². The third-order valence-corrected chi connectivity index (χ3v) is 3.74. The Bertz CT molecular complexity index is 226. The van der Waals surface area contributed by atoms with Gasteiger partial charge in [-0.05, 0) is 49.6 Å². The molecular weight excluding hydrogens is 194 g/mol. The molecule has 1 fully saturated rings. The van der Waals surface area contributed by atoms with Gasteiger partial charge in [0.2, 0.25) is 0 Å². The molecule has 0 saturated heterocycles. The SMILES string of the molecule is C#CCC1CC(C)CCC1CNCC(C)C. The van der Waals surface area contributed by atoms with E-state index >= 15 is 0 Å². The van der Waals surface area contributed by atoms with Crippen LogP contribution in [-0.4, -0.2) is 13.1 Å². The van der Waals surface area contributed by atoms with Crippen molar-refractivity contribution in [3.05, 3.63) is 0 Å². The summed E-state index contributed by atoms with van der Waals surface area (Å²) in [5.74, 6) is 6.05. The predicted octanol–water partition coefficient (Wildman–Crippen LogP) is 3.31. The van der Waals surface area contributed by atoms with Crippen molar-refractivity contribution in [2.45, 2.75) is 46.5 Å². The van der Waals surface area contributed by atoms with E-state index in [1.165, 1.54) is 19.3 Å². The lowest BCUT2D eigenvalue weighted by molar-refractivity contribution is 0.187. The van der Waals surface area contributed by atoms with Crippen LogP contribution in [0.15, 0.2) is 0 Å². The third kappa shape index (κ3) is 4.58. The molecule has 1 saturated carbocycles. The first kappa shape index (κ1) is 13.6. The van der Waals surface area contributed by atoms with Gasteiger partial charge >= 0.3 is 0 Å². The normalized spacial score (nSPS) is 30.3. The van der Waals surface area contributed by atoms with Gasteiger partial charge < -0.3 is 5.32 Å². The van der Waals surface area contributed by atoms with Gasteiger partial charge in [0.15, 0.2) is 0 Å².